The first-order valence-electron chi connectivity index (χ1n) is 7.63. The largest absolute Gasteiger partial charge is 0.360 e. The van der Waals surface area contributed by atoms with Crippen molar-refractivity contribution in [1.29, 1.82) is 0 Å². The Morgan fingerprint density at radius 3 is 2.63 bits per heavy atom. The minimum absolute atomic E-state index is 0.840. The van der Waals surface area contributed by atoms with E-state index >= 15 is 0 Å². The summed E-state index contributed by atoms with van der Waals surface area (Å²) >= 11 is 6.06. The summed E-state index contributed by atoms with van der Waals surface area (Å²) < 4.78 is 0. The van der Waals surface area contributed by atoms with E-state index in [9.17, 15) is 0 Å². The second kappa shape index (κ2) is 7.76. The van der Waals surface area contributed by atoms with Crippen molar-refractivity contribution < 1.29 is 4.90 Å². The Balaban J connectivity index is 1.73. The lowest BCUT2D eigenvalue weighted by molar-refractivity contribution is -0.900. The molecule has 1 aliphatic heterocycles. The van der Waals surface area contributed by atoms with Gasteiger partial charge in [-0.05, 0) is 31.0 Å². The summed E-state index contributed by atoms with van der Waals surface area (Å²) in [5.74, 6) is 0. The topological polar surface area (TPSA) is 7.68 Å². The third-order valence-electron chi connectivity index (χ3n) is 4.03. The van der Waals surface area contributed by atoms with Crippen LogP contribution in [0.5, 0.6) is 0 Å². The van der Waals surface area contributed by atoms with Crippen molar-refractivity contribution in [3.05, 3.63) is 29.3 Å². The third kappa shape index (κ3) is 4.70. The molecule has 1 aromatic carbocycles. The maximum Gasteiger partial charge on any atom is 0.0949 e. The van der Waals surface area contributed by atoms with Gasteiger partial charge in [-0.15, -0.1) is 0 Å². The third-order valence-corrected chi connectivity index (χ3v) is 4.26. The summed E-state index contributed by atoms with van der Waals surface area (Å²) in [6.45, 7) is 8.46. The summed E-state index contributed by atoms with van der Waals surface area (Å²) in [7, 11) is 0. The summed E-state index contributed by atoms with van der Waals surface area (Å²) in [6.07, 6.45) is 5.51. The van der Waals surface area contributed by atoms with Crippen molar-refractivity contribution in [2.45, 2.75) is 32.6 Å². The van der Waals surface area contributed by atoms with Gasteiger partial charge in [-0.25, -0.2) is 0 Å². The summed E-state index contributed by atoms with van der Waals surface area (Å²) in [5, 5.41) is 0.840. The van der Waals surface area contributed by atoms with Crippen molar-refractivity contribution >= 4 is 17.3 Å². The molecule has 19 heavy (non-hydrogen) atoms. The fourth-order valence-corrected chi connectivity index (χ4v) is 2.99. The average molecular weight is 282 g/mol. The van der Waals surface area contributed by atoms with Gasteiger partial charge in [0.2, 0.25) is 0 Å². The SMILES string of the molecule is CCCCCC[NH+]1CCN(c2cccc(Cl)c2)CC1. The highest BCUT2D eigenvalue weighted by molar-refractivity contribution is 6.30. The Hall–Kier alpha value is -0.730. The van der Waals surface area contributed by atoms with Crippen molar-refractivity contribution in [2.24, 2.45) is 0 Å². The zero-order valence-corrected chi connectivity index (χ0v) is 12.8. The van der Waals surface area contributed by atoms with E-state index in [0.717, 1.165) is 18.1 Å². The Kier molecular flexibility index (Phi) is 5.99. The molecule has 1 fully saturated rings. The Morgan fingerprint density at radius 2 is 1.95 bits per heavy atom. The van der Waals surface area contributed by atoms with E-state index in [4.69, 9.17) is 11.6 Å². The van der Waals surface area contributed by atoms with Crippen LogP contribution >= 0.6 is 11.6 Å². The number of benzene rings is 1. The molecule has 1 aromatic rings. The molecule has 0 radical (unpaired) electrons. The molecule has 2 nitrogen and oxygen atoms in total. The van der Waals surface area contributed by atoms with Gasteiger partial charge in [0.05, 0.1) is 32.7 Å². The molecule has 1 saturated heterocycles. The molecular weight excluding hydrogens is 256 g/mol. The lowest BCUT2D eigenvalue weighted by atomic mass is 10.2. The van der Waals surface area contributed by atoms with Gasteiger partial charge in [0.25, 0.3) is 0 Å². The second-order valence-electron chi connectivity index (χ2n) is 5.53. The first-order valence-corrected chi connectivity index (χ1v) is 8.01. The highest BCUT2D eigenvalue weighted by Gasteiger charge is 2.19. The van der Waals surface area contributed by atoms with E-state index in [-0.39, 0.29) is 0 Å². The van der Waals surface area contributed by atoms with Gasteiger partial charge in [-0.1, -0.05) is 37.4 Å². The number of hydrogen-bond acceptors (Lipinski definition) is 1. The summed E-state index contributed by atoms with van der Waals surface area (Å²) in [4.78, 5) is 4.23. The predicted octanol–water partition coefficient (Wildman–Crippen LogP) is 2.63. The minimum atomic E-state index is 0.840. The van der Waals surface area contributed by atoms with Crippen LogP contribution in [0.2, 0.25) is 5.02 Å². The number of rotatable bonds is 6. The lowest BCUT2D eigenvalue weighted by Crippen LogP contribution is -3.14. The molecule has 0 unspecified atom stereocenters. The second-order valence-corrected chi connectivity index (χ2v) is 5.96. The number of hydrogen-bond donors (Lipinski definition) is 1. The van der Waals surface area contributed by atoms with Crippen LogP contribution in [0.3, 0.4) is 0 Å². The average Bonchev–Trinajstić information content (AvgIpc) is 2.44. The van der Waals surface area contributed by atoms with Gasteiger partial charge in [0, 0.05) is 10.7 Å². The number of nitrogens with one attached hydrogen (secondary N) is 1. The number of halogens is 1. The molecule has 2 rings (SSSR count). The number of nitrogens with zero attached hydrogens (tertiary/aromatic N) is 1. The van der Waals surface area contributed by atoms with E-state index in [2.05, 4.69) is 24.0 Å². The molecule has 3 heteroatoms. The molecule has 0 atom stereocenters. The molecule has 0 spiro atoms. The summed E-state index contributed by atoms with van der Waals surface area (Å²) in [6, 6.07) is 8.23. The van der Waals surface area contributed by atoms with E-state index in [1.54, 1.807) is 4.90 Å². The van der Waals surface area contributed by atoms with Crippen LogP contribution < -0.4 is 9.80 Å². The van der Waals surface area contributed by atoms with Crippen LogP contribution in [-0.2, 0) is 0 Å². The number of unbranched alkanes of at least 4 members (excludes halogenated alkanes) is 3. The Morgan fingerprint density at radius 1 is 1.16 bits per heavy atom. The molecule has 0 saturated carbocycles. The zero-order valence-electron chi connectivity index (χ0n) is 12.0. The van der Waals surface area contributed by atoms with Crippen molar-refractivity contribution in [2.75, 3.05) is 37.6 Å². The van der Waals surface area contributed by atoms with Gasteiger partial charge in [0.15, 0.2) is 0 Å². The maximum absolute atomic E-state index is 6.06. The van der Waals surface area contributed by atoms with Crippen molar-refractivity contribution in [3.8, 4) is 0 Å². The molecule has 0 bridgehead atoms. The highest BCUT2D eigenvalue weighted by atomic mass is 35.5. The van der Waals surface area contributed by atoms with Gasteiger partial charge < -0.3 is 9.80 Å². The van der Waals surface area contributed by atoms with E-state index < -0.39 is 0 Å². The Bertz CT molecular complexity index is 373. The van der Waals surface area contributed by atoms with Gasteiger partial charge >= 0.3 is 0 Å². The normalized spacial score (nSPS) is 16.8. The van der Waals surface area contributed by atoms with Crippen molar-refractivity contribution in [3.63, 3.8) is 0 Å². The highest BCUT2D eigenvalue weighted by Crippen LogP contribution is 2.19. The molecule has 1 heterocycles. The zero-order chi connectivity index (χ0) is 13.5. The molecular formula is C16H26ClN2+. The molecule has 106 valence electrons. The Labute approximate surface area is 122 Å². The molecule has 0 aliphatic carbocycles. The van der Waals surface area contributed by atoms with E-state index in [0.29, 0.717) is 0 Å². The smallest absolute Gasteiger partial charge is 0.0949 e. The van der Waals surface area contributed by atoms with Crippen LogP contribution in [0.15, 0.2) is 24.3 Å². The van der Waals surface area contributed by atoms with Crippen LogP contribution in [0.1, 0.15) is 32.6 Å². The van der Waals surface area contributed by atoms with Crippen LogP contribution in [-0.4, -0.2) is 32.7 Å². The first kappa shape index (κ1) is 14.7. The molecule has 1 aliphatic rings. The minimum Gasteiger partial charge on any atom is -0.360 e. The fraction of sp³-hybridized carbons (Fsp3) is 0.625. The lowest BCUT2D eigenvalue weighted by Gasteiger charge is -2.33. The van der Waals surface area contributed by atoms with Gasteiger partial charge in [-0.3, -0.25) is 0 Å². The number of quaternary nitrogens is 1. The summed E-state index contributed by atoms with van der Waals surface area (Å²) in [5.41, 5.74) is 1.28. The predicted molar refractivity (Wildman–Crippen MR) is 83.4 cm³/mol. The monoisotopic (exact) mass is 281 g/mol. The van der Waals surface area contributed by atoms with Crippen molar-refractivity contribution in [1.82, 2.24) is 0 Å². The quantitative estimate of drug-likeness (QED) is 0.788. The number of piperazine rings is 1. The standard InChI is InChI=1S/C16H25ClN2/c1-2-3-4-5-9-18-10-12-19(13-11-18)16-8-6-7-15(17)14-16/h6-8,14H,2-5,9-13H2,1H3/p+1. The van der Waals surface area contributed by atoms with Crippen LogP contribution in [0.4, 0.5) is 5.69 Å². The molecule has 1 N–H and O–H groups in total. The number of anilines is 1. The van der Waals surface area contributed by atoms with E-state index in [1.807, 2.05) is 12.1 Å². The van der Waals surface area contributed by atoms with E-state index in [1.165, 1.54) is 51.0 Å². The van der Waals surface area contributed by atoms with Crippen LogP contribution in [0, 0.1) is 0 Å². The van der Waals surface area contributed by atoms with Gasteiger partial charge in [-0.2, -0.15) is 0 Å². The van der Waals surface area contributed by atoms with Gasteiger partial charge in [0.1, 0.15) is 0 Å². The molecule has 0 aromatic heterocycles. The molecule has 0 amide bonds. The maximum atomic E-state index is 6.06. The fourth-order valence-electron chi connectivity index (χ4n) is 2.81. The first-order chi connectivity index (χ1) is 9.29. The van der Waals surface area contributed by atoms with Crippen LogP contribution in [0.25, 0.3) is 0 Å².